The lowest BCUT2D eigenvalue weighted by atomic mass is 10.1. The van der Waals surface area contributed by atoms with Crippen molar-refractivity contribution in [2.45, 2.75) is 19.4 Å². The van der Waals surface area contributed by atoms with E-state index in [0.717, 1.165) is 11.1 Å². The highest BCUT2D eigenvalue weighted by molar-refractivity contribution is 7.89. The first kappa shape index (κ1) is 18.9. The molecule has 1 atom stereocenters. The summed E-state index contributed by atoms with van der Waals surface area (Å²) in [5.74, 6) is -0.0976. The summed E-state index contributed by atoms with van der Waals surface area (Å²) in [6, 6.07) is 6.72. The second kappa shape index (κ2) is 7.92. The predicted molar refractivity (Wildman–Crippen MR) is 88.3 cm³/mol. The number of nitrogens with zero attached hydrogens (tertiary/aromatic N) is 1. The third kappa shape index (κ3) is 4.67. The van der Waals surface area contributed by atoms with Gasteiger partial charge in [0.25, 0.3) is 0 Å². The molecule has 1 fully saturated rings. The Morgan fingerprint density at radius 1 is 1.36 bits per heavy atom. The van der Waals surface area contributed by atoms with E-state index in [4.69, 9.17) is 5.73 Å². The number of rotatable bonds is 5. The maximum absolute atomic E-state index is 12.0. The van der Waals surface area contributed by atoms with Crippen LogP contribution in [0.15, 0.2) is 24.3 Å². The fraction of sp³-hybridized carbons (Fsp3) is 0.500. The number of nitrogens with two attached hydrogens (primary N) is 1. The zero-order valence-corrected chi connectivity index (χ0v) is 14.1. The van der Waals surface area contributed by atoms with Gasteiger partial charge in [0.05, 0.1) is 5.75 Å². The number of hydrogen-bond acceptors (Lipinski definition) is 4. The van der Waals surface area contributed by atoms with Gasteiger partial charge in [0.1, 0.15) is 6.04 Å². The average Bonchev–Trinajstić information content (AvgIpc) is 2.78. The number of carbonyl (C=O) groups is 1. The fourth-order valence-corrected chi connectivity index (χ4v) is 3.81. The van der Waals surface area contributed by atoms with Crippen LogP contribution in [-0.4, -0.2) is 44.0 Å². The van der Waals surface area contributed by atoms with Crippen LogP contribution >= 0.6 is 12.4 Å². The molecule has 22 heavy (non-hydrogen) atoms. The Labute approximate surface area is 137 Å². The smallest absolute Gasteiger partial charge is 0.241 e. The lowest BCUT2D eigenvalue weighted by molar-refractivity contribution is -0.122. The number of benzene rings is 1. The predicted octanol–water partition coefficient (Wildman–Crippen LogP) is 0.568. The summed E-state index contributed by atoms with van der Waals surface area (Å²) >= 11 is 0. The van der Waals surface area contributed by atoms with Gasteiger partial charge in [0, 0.05) is 19.6 Å². The van der Waals surface area contributed by atoms with Crippen molar-refractivity contribution in [3.8, 4) is 0 Å². The first-order valence-corrected chi connectivity index (χ1v) is 8.59. The van der Waals surface area contributed by atoms with Gasteiger partial charge in [-0.15, -0.1) is 12.4 Å². The summed E-state index contributed by atoms with van der Waals surface area (Å²) < 4.78 is 24.6. The van der Waals surface area contributed by atoms with Gasteiger partial charge in [0.15, 0.2) is 0 Å². The Morgan fingerprint density at radius 2 is 2.00 bits per heavy atom. The molecule has 1 aliphatic heterocycles. The zero-order valence-electron chi connectivity index (χ0n) is 12.5. The van der Waals surface area contributed by atoms with Gasteiger partial charge >= 0.3 is 0 Å². The van der Waals surface area contributed by atoms with Crippen LogP contribution in [0.4, 0.5) is 0 Å². The highest BCUT2D eigenvalue weighted by Gasteiger charge is 2.27. The number of hydrogen-bond donors (Lipinski definition) is 2. The number of halogens is 1. The normalized spacial score (nSPS) is 18.5. The Kier molecular flexibility index (Phi) is 6.80. The summed E-state index contributed by atoms with van der Waals surface area (Å²) in [4.78, 5) is 12.0. The molecular formula is C14H22ClN3O3S. The summed E-state index contributed by atoms with van der Waals surface area (Å²) in [5.41, 5.74) is 7.74. The minimum atomic E-state index is -3.11. The second-order valence-electron chi connectivity index (χ2n) is 5.25. The van der Waals surface area contributed by atoms with Crippen molar-refractivity contribution < 1.29 is 13.2 Å². The molecule has 1 aliphatic rings. The Morgan fingerprint density at radius 3 is 2.55 bits per heavy atom. The molecule has 0 radical (unpaired) electrons. The van der Waals surface area contributed by atoms with E-state index < -0.39 is 16.1 Å². The van der Waals surface area contributed by atoms with E-state index >= 15 is 0 Å². The van der Waals surface area contributed by atoms with Gasteiger partial charge in [0.2, 0.25) is 15.9 Å². The molecule has 6 nitrogen and oxygen atoms in total. The van der Waals surface area contributed by atoms with E-state index in [1.54, 1.807) is 0 Å². The van der Waals surface area contributed by atoms with Crippen LogP contribution in [0.1, 0.15) is 23.6 Å². The Hall–Kier alpha value is -1.15. The molecule has 124 valence electrons. The van der Waals surface area contributed by atoms with E-state index in [-0.39, 0.29) is 30.6 Å². The quantitative estimate of drug-likeness (QED) is 0.814. The number of sulfonamides is 1. The van der Waals surface area contributed by atoms with Gasteiger partial charge in [-0.2, -0.15) is 0 Å². The van der Waals surface area contributed by atoms with Crippen molar-refractivity contribution in [3.05, 3.63) is 35.4 Å². The molecule has 1 unspecified atom stereocenters. The van der Waals surface area contributed by atoms with Gasteiger partial charge in [-0.3, -0.25) is 4.79 Å². The van der Waals surface area contributed by atoms with Crippen molar-refractivity contribution in [2.24, 2.45) is 5.73 Å². The van der Waals surface area contributed by atoms with Crippen molar-refractivity contribution in [3.63, 3.8) is 0 Å². The molecule has 0 saturated carbocycles. The van der Waals surface area contributed by atoms with Gasteiger partial charge in [-0.25, -0.2) is 12.7 Å². The van der Waals surface area contributed by atoms with Crippen molar-refractivity contribution in [1.82, 2.24) is 9.62 Å². The largest absolute Gasteiger partial charge is 0.353 e. The standard InChI is InChI=1S/C14H21N3O3S.ClH/c1-11-3-5-12(6-4-11)13(15)14(18)16-7-9-17-8-2-10-21(17,19)20;/h3-6,13H,2,7-10,15H2,1H3,(H,16,18);1H. The molecule has 2 rings (SSSR count). The summed E-state index contributed by atoms with van der Waals surface area (Å²) in [6.07, 6.45) is 0.652. The van der Waals surface area contributed by atoms with Crippen LogP contribution in [-0.2, 0) is 14.8 Å². The molecular weight excluding hydrogens is 326 g/mol. The molecule has 0 spiro atoms. The molecule has 0 bridgehead atoms. The molecule has 1 aromatic rings. The molecule has 1 amide bonds. The Balaban J connectivity index is 0.00000242. The van der Waals surface area contributed by atoms with Gasteiger partial charge < -0.3 is 11.1 Å². The molecule has 1 heterocycles. The van der Waals surface area contributed by atoms with E-state index in [0.29, 0.717) is 19.5 Å². The zero-order chi connectivity index (χ0) is 15.5. The topological polar surface area (TPSA) is 92.5 Å². The summed E-state index contributed by atoms with van der Waals surface area (Å²) in [5, 5.41) is 2.69. The fourth-order valence-electron chi connectivity index (χ4n) is 2.28. The first-order valence-electron chi connectivity index (χ1n) is 6.98. The van der Waals surface area contributed by atoms with Crippen molar-refractivity contribution >= 4 is 28.3 Å². The molecule has 1 saturated heterocycles. The van der Waals surface area contributed by atoms with Crippen LogP contribution in [0.3, 0.4) is 0 Å². The van der Waals surface area contributed by atoms with Crippen molar-refractivity contribution in [2.75, 3.05) is 25.4 Å². The minimum absolute atomic E-state index is 0. The lowest BCUT2D eigenvalue weighted by Gasteiger charge is -2.16. The highest BCUT2D eigenvalue weighted by Crippen LogP contribution is 2.13. The monoisotopic (exact) mass is 347 g/mol. The maximum Gasteiger partial charge on any atom is 0.241 e. The Bertz CT molecular complexity index is 604. The molecule has 0 aliphatic carbocycles. The summed E-state index contributed by atoms with van der Waals surface area (Å²) in [7, 11) is -3.11. The lowest BCUT2D eigenvalue weighted by Crippen LogP contribution is -2.39. The van der Waals surface area contributed by atoms with Crippen molar-refractivity contribution in [1.29, 1.82) is 0 Å². The third-order valence-corrected chi connectivity index (χ3v) is 5.54. The van der Waals surface area contributed by atoms with E-state index in [1.807, 2.05) is 31.2 Å². The van der Waals surface area contributed by atoms with Crippen LogP contribution < -0.4 is 11.1 Å². The van der Waals surface area contributed by atoms with Crippen LogP contribution in [0.2, 0.25) is 0 Å². The molecule has 0 aromatic heterocycles. The van der Waals surface area contributed by atoms with Crippen LogP contribution in [0.5, 0.6) is 0 Å². The first-order chi connectivity index (χ1) is 9.90. The molecule has 3 N–H and O–H groups in total. The highest BCUT2D eigenvalue weighted by atomic mass is 35.5. The SMILES string of the molecule is Cc1ccc(C(N)C(=O)NCCN2CCCS2(=O)=O)cc1.Cl. The summed E-state index contributed by atoms with van der Waals surface area (Å²) in [6.45, 7) is 3.07. The second-order valence-corrected chi connectivity index (χ2v) is 7.34. The number of carbonyl (C=O) groups excluding carboxylic acids is 1. The van der Waals surface area contributed by atoms with E-state index in [2.05, 4.69) is 5.32 Å². The minimum Gasteiger partial charge on any atom is -0.353 e. The third-order valence-electron chi connectivity index (χ3n) is 3.58. The maximum atomic E-state index is 12.0. The van der Waals surface area contributed by atoms with Gasteiger partial charge in [-0.05, 0) is 18.9 Å². The van der Waals surface area contributed by atoms with Crippen LogP contribution in [0.25, 0.3) is 0 Å². The average molecular weight is 348 g/mol. The van der Waals surface area contributed by atoms with E-state index in [1.165, 1.54) is 4.31 Å². The van der Waals surface area contributed by atoms with Gasteiger partial charge in [-0.1, -0.05) is 29.8 Å². The van der Waals surface area contributed by atoms with E-state index in [9.17, 15) is 13.2 Å². The number of nitrogens with one attached hydrogen (secondary N) is 1. The number of aryl methyl sites for hydroxylation is 1. The van der Waals surface area contributed by atoms with Crippen LogP contribution in [0, 0.1) is 6.92 Å². The molecule has 1 aromatic carbocycles. The molecule has 8 heteroatoms. The number of amides is 1.